The molecule has 0 aliphatic heterocycles. The molecule has 2 heteroatoms. The first kappa shape index (κ1) is 6.95. The molecule has 2 nitrogen and oxygen atoms in total. The standard InChI is InChI=1S/C6H9NO/c1-5(2)4-7-6(3)8/h4,8H,1,3H2,2H3/b7-4-. The minimum atomic E-state index is -0.187. The molecule has 0 radical (unpaired) electrons. The topological polar surface area (TPSA) is 32.6 Å². The molecule has 0 atom stereocenters. The molecule has 1 N–H and O–H groups in total. The summed E-state index contributed by atoms with van der Waals surface area (Å²) < 4.78 is 0. The summed E-state index contributed by atoms with van der Waals surface area (Å²) in [4.78, 5) is 3.46. The number of hydrogen-bond acceptors (Lipinski definition) is 2. The molecule has 0 aliphatic carbocycles. The van der Waals surface area contributed by atoms with Gasteiger partial charge in [0, 0.05) is 6.21 Å². The highest BCUT2D eigenvalue weighted by Gasteiger charge is 1.75. The highest BCUT2D eigenvalue weighted by molar-refractivity contribution is 5.77. The average molecular weight is 111 g/mol. The van der Waals surface area contributed by atoms with Crippen LogP contribution in [0.25, 0.3) is 0 Å². The number of aliphatic hydroxyl groups is 1. The molecule has 44 valence electrons. The molecule has 0 heterocycles. The quantitative estimate of drug-likeness (QED) is 0.426. The largest absolute Gasteiger partial charge is 0.494 e. The van der Waals surface area contributed by atoms with Gasteiger partial charge in [0.05, 0.1) is 0 Å². The Morgan fingerprint density at radius 2 is 2.12 bits per heavy atom. The van der Waals surface area contributed by atoms with Crippen LogP contribution in [0.15, 0.2) is 29.6 Å². The zero-order valence-electron chi connectivity index (χ0n) is 4.89. The lowest BCUT2D eigenvalue weighted by atomic mass is 10.4. The molecule has 0 aromatic rings. The lowest BCUT2D eigenvalue weighted by Gasteiger charge is -1.83. The second kappa shape index (κ2) is 3.02. The van der Waals surface area contributed by atoms with Crippen molar-refractivity contribution in [1.82, 2.24) is 0 Å². The molecule has 0 rings (SSSR count). The molecular weight excluding hydrogens is 102 g/mol. The van der Waals surface area contributed by atoms with Crippen LogP contribution < -0.4 is 0 Å². The summed E-state index contributed by atoms with van der Waals surface area (Å²) in [5.41, 5.74) is 0.792. The van der Waals surface area contributed by atoms with Gasteiger partial charge in [-0.25, -0.2) is 4.99 Å². The molecular formula is C6H9NO. The average Bonchev–Trinajstić information content (AvgIpc) is 1.61. The van der Waals surface area contributed by atoms with Crippen molar-refractivity contribution in [3.63, 3.8) is 0 Å². The van der Waals surface area contributed by atoms with Crippen molar-refractivity contribution in [2.24, 2.45) is 4.99 Å². The molecule has 0 amide bonds. The fourth-order valence-corrected chi connectivity index (χ4v) is 0.185. The van der Waals surface area contributed by atoms with E-state index in [2.05, 4.69) is 18.2 Å². The molecule has 0 bridgehead atoms. The van der Waals surface area contributed by atoms with Gasteiger partial charge in [0.15, 0.2) is 0 Å². The fourth-order valence-electron chi connectivity index (χ4n) is 0.185. The van der Waals surface area contributed by atoms with E-state index in [1.807, 2.05) is 0 Å². The smallest absolute Gasteiger partial charge is 0.203 e. The first-order chi connectivity index (χ1) is 3.63. The van der Waals surface area contributed by atoms with Gasteiger partial charge in [-0.3, -0.25) is 0 Å². The van der Waals surface area contributed by atoms with Gasteiger partial charge in [0.2, 0.25) is 5.88 Å². The van der Waals surface area contributed by atoms with Gasteiger partial charge in [-0.2, -0.15) is 0 Å². The zero-order chi connectivity index (χ0) is 6.57. The highest BCUT2D eigenvalue weighted by Crippen LogP contribution is 1.85. The van der Waals surface area contributed by atoms with E-state index in [-0.39, 0.29) is 5.88 Å². The van der Waals surface area contributed by atoms with E-state index >= 15 is 0 Å². The van der Waals surface area contributed by atoms with Gasteiger partial charge < -0.3 is 5.11 Å². The Morgan fingerprint density at radius 3 is 2.25 bits per heavy atom. The summed E-state index contributed by atoms with van der Waals surface area (Å²) in [7, 11) is 0. The van der Waals surface area contributed by atoms with E-state index in [4.69, 9.17) is 5.11 Å². The van der Waals surface area contributed by atoms with Gasteiger partial charge >= 0.3 is 0 Å². The minimum absolute atomic E-state index is 0.187. The van der Waals surface area contributed by atoms with E-state index in [9.17, 15) is 0 Å². The highest BCUT2D eigenvalue weighted by atomic mass is 16.3. The number of rotatable bonds is 2. The Morgan fingerprint density at radius 1 is 1.62 bits per heavy atom. The molecule has 8 heavy (non-hydrogen) atoms. The van der Waals surface area contributed by atoms with Crippen LogP contribution in [0, 0.1) is 0 Å². The summed E-state index contributed by atoms with van der Waals surface area (Å²) >= 11 is 0. The van der Waals surface area contributed by atoms with Crippen LogP contribution in [0.2, 0.25) is 0 Å². The molecule has 0 saturated heterocycles. The number of aliphatic imine (C=N–C) groups is 1. The predicted octanol–water partition coefficient (Wildman–Crippen LogP) is 1.66. The Labute approximate surface area is 48.9 Å². The molecule has 0 aliphatic rings. The number of nitrogens with zero attached hydrogens (tertiary/aromatic N) is 1. The Kier molecular flexibility index (Phi) is 2.62. The van der Waals surface area contributed by atoms with Crippen LogP contribution in [0.5, 0.6) is 0 Å². The SMILES string of the molecule is C=C(C)/C=N\C(=C)O. The third kappa shape index (κ3) is 4.95. The lowest BCUT2D eigenvalue weighted by molar-refractivity contribution is 0.410. The summed E-state index contributed by atoms with van der Waals surface area (Å²) in [5.74, 6) is -0.187. The van der Waals surface area contributed by atoms with Crippen molar-refractivity contribution in [2.75, 3.05) is 0 Å². The van der Waals surface area contributed by atoms with E-state index in [1.165, 1.54) is 6.21 Å². The van der Waals surface area contributed by atoms with Crippen molar-refractivity contribution < 1.29 is 5.11 Å². The van der Waals surface area contributed by atoms with Crippen LogP contribution in [0.4, 0.5) is 0 Å². The van der Waals surface area contributed by atoms with Crippen molar-refractivity contribution in [2.45, 2.75) is 6.92 Å². The van der Waals surface area contributed by atoms with Crippen LogP contribution in [-0.2, 0) is 0 Å². The normalized spacial score (nSPS) is 9.62. The summed E-state index contributed by atoms with van der Waals surface area (Å²) in [6, 6.07) is 0. The molecule has 0 saturated carbocycles. The number of hydrogen-bond donors (Lipinski definition) is 1. The van der Waals surface area contributed by atoms with E-state index in [1.54, 1.807) is 6.92 Å². The van der Waals surface area contributed by atoms with E-state index < -0.39 is 0 Å². The van der Waals surface area contributed by atoms with E-state index in [0.717, 1.165) is 5.57 Å². The molecule has 0 unspecified atom stereocenters. The molecule has 0 fully saturated rings. The maximum atomic E-state index is 8.37. The van der Waals surface area contributed by atoms with E-state index in [0.29, 0.717) is 0 Å². The van der Waals surface area contributed by atoms with Crippen molar-refractivity contribution in [3.05, 3.63) is 24.6 Å². The van der Waals surface area contributed by atoms with Gasteiger partial charge in [0.25, 0.3) is 0 Å². The summed E-state index contributed by atoms with van der Waals surface area (Å²) in [6.45, 7) is 8.45. The van der Waals surface area contributed by atoms with Crippen molar-refractivity contribution in [3.8, 4) is 0 Å². The van der Waals surface area contributed by atoms with Crippen LogP contribution >= 0.6 is 0 Å². The Hall–Kier alpha value is -1.05. The van der Waals surface area contributed by atoms with Gasteiger partial charge in [-0.1, -0.05) is 6.58 Å². The predicted molar refractivity (Wildman–Crippen MR) is 35.1 cm³/mol. The van der Waals surface area contributed by atoms with Crippen molar-refractivity contribution in [1.29, 1.82) is 0 Å². The summed E-state index contributed by atoms with van der Waals surface area (Å²) in [6.07, 6.45) is 1.45. The third-order valence-electron chi connectivity index (χ3n) is 0.434. The van der Waals surface area contributed by atoms with Crippen LogP contribution in [0.3, 0.4) is 0 Å². The first-order valence-electron chi connectivity index (χ1n) is 2.20. The van der Waals surface area contributed by atoms with Gasteiger partial charge in [0.1, 0.15) is 0 Å². The van der Waals surface area contributed by atoms with Gasteiger partial charge in [-0.05, 0) is 19.1 Å². The Bertz CT molecular complexity index is 119. The second-order valence-corrected chi connectivity index (χ2v) is 1.52. The number of allylic oxidation sites excluding steroid dienone is 1. The second-order valence-electron chi connectivity index (χ2n) is 1.52. The first-order valence-corrected chi connectivity index (χ1v) is 2.20. The number of aliphatic hydroxyl groups excluding tert-OH is 1. The minimum Gasteiger partial charge on any atom is -0.494 e. The Balaban J connectivity index is 3.67. The monoisotopic (exact) mass is 111 g/mol. The zero-order valence-corrected chi connectivity index (χ0v) is 4.89. The van der Waals surface area contributed by atoms with Crippen molar-refractivity contribution >= 4 is 6.21 Å². The molecule has 0 spiro atoms. The van der Waals surface area contributed by atoms with Crippen LogP contribution in [0.1, 0.15) is 6.92 Å². The maximum absolute atomic E-state index is 8.37. The fraction of sp³-hybridized carbons (Fsp3) is 0.167. The molecule has 0 aromatic heterocycles. The maximum Gasteiger partial charge on any atom is 0.203 e. The summed E-state index contributed by atoms with van der Waals surface area (Å²) in [5, 5.41) is 8.37. The van der Waals surface area contributed by atoms with Gasteiger partial charge in [-0.15, -0.1) is 0 Å². The molecule has 0 aromatic carbocycles. The third-order valence-corrected chi connectivity index (χ3v) is 0.434. The lowest BCUT2D eigenvalue weighted by Crippen LogP contribution is -1.75. The van der Waals surface area contributed by atoms with Crippen LogP contribution in [-0.4, -0.2) is 11.3 Å².